The molecule has 1 aliphatic heterocycles. The molecule has 5 unspecified atom stereocenters. The van der Waals surface area contributed by atoms with Gasteiger partial charge in [-0.2, -0.15) is 0 Å². The predicted octanol–water partition coefficient (Wildman–Crippen LogP) is 3.99. The zero-order valence-electron chi connectivity index (χ0n) is 18.0. The van der Waals surface area contributed by atoms with Crippen LogP contribution in [0.25, 0.3) is 11.3 Å². The van der Waals surface area contributed by atoms with Gasteiger partial charge in [0.15, 0.2) is 17.5 Å². The monoisotopic (exact) mass is 594 g/mol. The molecule has 188 valence electrons. The number of aliphatic hydroxyl groups is 2. The number of thioether (sulfide) groups is 1. The first-order valence-corrected chi connectivity index (χ1v) is 12.4. The van der Waals surface area contributed by atoms with Crippen molar-refractivity contribution in [3.05, 3.63) is 57.7 Å². The van der Waals surface area contributed by atoms with Crippen molar-refractivity contribution >= 4 is 39.3 Å². The maximum absolute atomic E-state index is 13.7. The van der Waals surface area contributed by atoms with Crippen molar-refractivity contribution < 1.29 is 32.9 Å². The molecule has 8 nitrogen and oxygen atoms in total. The van der Waals surface area contributed by atoms with Gasteiger partial charge in [0.05, 0.1) is 17.8 Å². The summed E-state index contributed by atoms with van der Waals surface area (Å²) < 4.78 is 54.5. The Hall–Kier alpha value is -1.74. The standard InChI is InChI=1S/C21H19BrClF3N4O4S/c1-2-33-19-17(30-7-13(28-29-30)9-3-11(24)16(26)12(25)4-9)18(32)14(8-31)34-21(19)35-15-5-10(23)6-27-20(15)22/h3-7,14,17-19,21,31-32H,2,8H2,1H3. The largest absolute Gasteiger partial charge is 0.394 e. The first-order chi connectivity index (χ1) is 16.7. The van der Waals surface area contributed by atoms with Crippen molar-refractivity contribution in [1.29, 1.82) is 0 Å². The summed E-state index contributed by atoms with van der Waals surface area (Å²) in [5.41, 5.74) is -0.741. The van der Waals surface area contributed by atoms with Crippen LogP contribution in [0.1, 0.15) is 13.0 Å². The molecule has 2 aromatic heterocycles. The highest BCUT2D eigenvalue weighted by molar-refractivity contribution is 9.10. The molecule has 1 aliphatic rings. The second-order valence-electron chi connectivity index (χ2n) is 7.52. The molecule has 0 saturated carbocycles. The fourth-order valence-corrected chi connectivity index (χ4v) is 5.58. The zero-order valence-corrected chi connectivity index (χ0v) is 21.1. The Bertz CT molecular complexity index is 1190. The molecule has 0 amide bonds. The molecule has 0 spiro atoms. The molecule has 0 bridgehead atoms. The Morgan fingerprint density at radius 1 is 1.26 bits per heavy atom. The molecule has 14 heteroatoms. The summed E-state index contributed by atoms with van der Waals surface area (Å²) >= 11 is 10.7. The predicted molar refractivity (Wildman–Crippen MR) is 124 cm³/mol. The number of benzene rings is 1. The number of pyridine rings is 1. The van der Waals surface area contributed by atoms with Gasteiger partial charge in [0.1, 0.15) is 40.1 Å². The summed E-state index contributed by atoms with van der Waals surface area (Å²) in [5, 5.41) is 29.2. The second kappa shape index (κ2) is 11.1. The van der Waals surface area contributed by atoms with Crippen LogP contribution in [-0.2, 0) is 9.47 Å². The molecule has 1 fully saturated rings. The molecule has 5 atom stereocenters. The molecular formula is C21H19BrClF3N4O4S. The lowest BCUT2D eigenvalue weighted by Gasteiger charge is -2.43. The molecular weight excluding hydrogens is 577 g/mol. The van der Waals surface area contributed by atoms with Gasteiger partial charge < -0.3 is 19.7 Å². The summed E-state index contributed by atoms with van der Waals surface area (Å²) in [6, 6.07) is 2.37. The van der Waals surface area contributed by atoms with E-state index in [4.69, 9.17) is 21.1 Å². The summed E-state index contributed by atoms with van der Waals surface area (Å²) in [7, 11) is 0. The van der Waals surface area contributed by atoms with Crippen LogP contribution in [-0.4, -0.2) is 67.2 Å². The lowest BCUT2D eigenvalue weighted by molar-refractivity contribution is -0.191. The van der Waals surface area contributed by atoms with E-state index in [-0.39, 0.29) is 17.9 Å². The molecule has 35 heavy (non-hydrogen) atoms. The highest BCUT2D eigenvalue weighted by atomic mass is 79.9. The number of hydrogen-bond acceptors (Lipinski definition) is 8. The third kappa shape index (κ3) is 5.50. The summed E-state index contributed by atoms with van der Waals surface area (Å²) in [6.45, 7) is 1.51. The topological polar surface area (TPSA) is 103 Å². The molecule has 1 saturated heterocycles. The van der Waals surface area contributed by atoms with Gasteiger partial charge in [-0.05, 0) is 41.1 Å². The third-order valence-corrected chi connectivity index (χ3v) is 7.57. The van der Waals surface area contributed by atoms with E-state index in [0.717, 1.165) is 12.1 Å². The minimum absolute atomic E-state index is 0.0410. The van der Waals surface area contributed by atoms with E-state index >= 15 is 0 Å². The fraction of sp³-hybridized carbons (Fsp3) is 0.381. The van der Waals surface area contributed by atoms with Crippen LogP contribution in [0.3, 0.4) is 0 Å². The lowest BCUT2D eigenvalue weighted by Crippen LogP contribution is -2.55. The van der Waals surface area contributed by atoms with Gasteiger partial charge >= 0.3 is 0 Å². The Kier molecular flexibility index (Phi) is 8.36. The molecule has 1 aromatic carbocycles. The molecule has 3 heterocycles. The van der Waals surface area contributed by atoms with Gasteiger partial charge in [-0.3, -0.25) is 0 Å². The van der Waals surface area contributed by atoms with Crippen molar-refractivity contribution in [3.63, 3.8) is 0 Å². The summed E-state index contributed by atoms with van der Waals surface area (Å²) in [4.78, 5) is 4.79. The molecule has 4 rings (SSSR count). The Labute approximate surface area is 215 Å². The van der Waals surface area contributed by atoms with E-state index in [2.05, 4.69) is 31.2 Å². The Morgan fingerprint density at radius 3 is 2.63 bits per heavy atom. The summed E-state index contributed by atoms with van der Waals surface area (Å²) in [5.74, 6) is -4.33. The number of hydrogen-bond donors (Lipinski definition) is 2. The number of ether oxygens (including phenoxy) is 2. The van der Waals surface area contributed by atoms with Crippen LogP contribution in [0, 0.1) is 17.5 Å². The fourth-order valence-electron chi connectivity index (χ4n) is 3.70. The first-order valence-electron chi connectivity index (χ1n) is 10.3. The van der Waals surface area contributed by atoms with E-state index in [1.165, 1.54) is 28.8 Å². The van der Waals surface area contributed by atoms with E-state index in [1.807, 2.05) is 0 Å². The highest BCUT2D eigenvalue weighted by Crippen LogP contribution is 2.42. The first kappa shape index (κ1) is 26.3. The van der Waals surface area contributed by atoms with E-state index in [1.54, 1.807) is 13.0 Å². The van der Waals surface area contributed by atoms with Crippen LogP contribution in [0.5, 0.6) is 0 Å². The minimum atomic E-state index is -1.59. The maximum Gasteiger partial charge on any atom is 0.194 e. The highest BCUT2D eigenvalue weighted by Gasteiger charge is 2.48. The minimum Gasteiger partial charge on any atom is -0.394 e. The number of rotatable bonds is 7. The number of aliphatic hydroxyl groups excluding tert-OH is 2. The normalized spacial score (nSPS) is 24.6. The van der Waals surface area contributed by atoms with Gasteiger partial charge in [-0.15, -0.1) is 5.10 Å². The number of halogens is 5. The van der Waals surface area contributed by atoms with Crippen molar-refractivity contribution in [2.24, 2.45) is 0 Å². The second-order valence-corrected chi connectivity index (χ2v) is 9.85. The quantitative estimate of drug-likeness (QED) is 0.312. The van der Waals surface area contributed by atoms with Crippen LogP contribution in [0.2, 0.25) is 5.02 Å². The van der Waals surface area contributed by atoms with Crippen molar-refractivity contribution in [1.82, 2.24) is 20.0 Å². The van der Waals surface area contributed by atoms with Crippen molar-refractivity contribution in [3.8, 4) is 11.3 Å². The van der Waals surface area contributed by atoms with Crippen molar-refractivity contribution in [2.75, 3.05) is 13.2 Å². The SMILES string of the molecule is CCOC1C(Sc2cc(Cl)cnc2Br)OC(CO)C(O)C1n1cc(-c2cc(F)c(F)c(F)c2)nn1. The van der Waals surface area contributed by atoms with Crippen LogP contribution < -0.4 is 0 Å². The van der Waals surface area contributed by atoms with Gasteiger partial charge in [-0.25, -0.2) is 22.8 Å². The van der Waals surface area contributed by atoms with Crippen LogP contribution in [0.15, 0.2) is 40.1 Å². The molecule has 0 radical (unpaired) electrons. The lowest BCUT2D eigenvalue weighted by atomic mass is 9.97. The number of nitrogens with zero attached hydrogens (tertiary/aromatic N) is 4. The average molecular weight is 596 g/mol. The zero-order chi connectivity index (χ0) is 25.3. The Morgan fingerprint density at radius 2 is 1.97 bits per heavy atom. The Balaban J connectivity index is 1.71. The number of aromatic nitrogens is 4. The van der Waals surface area contributed by atoms with E-state index in [9.17, 15) is 23.4 Å². The van der Waals surface area contributed by atoms with Gasteiger partial charge in [0.2, 0.25) is 0 Å². The third-order valence-electron chi connectivity index (χ3n) is 5.30. The average Bonchev–Trinajstić information content (AvgIpc) is 3.31. The van der Waals surface area contributed by atoms with Gasteiger partial charge in [0, 0.05) is 23.3 Å². The van der Waals surface area contributed by atoms with Gasteiger partial charge in [-0.1, -0.05) is 28.6 Å². The van der Waals surface area contributed by atoms with E-state index < -0.39 is 53.8 Å². The van der Waals surface area contributed by atoms with E-state index in [0.29, 0.717) is 14.5 Å². The van der Waals surface area contributed by atoms with Gasteiger partial charge in [0.25, 0.3) is 0 Å². The molecule has 2 N–H and O–H groups in total. The van der Waals surface area contributed by atoms with Crippen molar-refractivity contribution in [2.45, 2.75) is 41.6 Å². The smallest absolute Gasteiger partial charge is 0.194 e. The van der Waals surface area contributed by atoms with Crippen LogP contribution >= 0.6 is 39.3 Å². The van der Waals surface area contributed by atoms with Crippen LogP contribution in [0.4, 0.5) is 13.2 Å². The summed E-state index contributed by atoms with van der Waals surface area (Å²) in [6.07, 6.45) is -0.257. The molecule has 0 aliphatic carbocycles. The maximum atomic E-state index is 13.7. The molecule has 3 aromatic rings.